The van der Waals surface area contributed by atoms with Crippen LogP contribution in [0.1, 0.15) is 18.1 Å². The normalized spacial score (nSPS) is 14.9. The van der Waals surface area contributed by atoms with Gasteiger partial charge in [0.25, 0.3) is 11.8 Å². The van der Waals surface area contributed by atoms with E-state index in [1.807, 2.05) is 19.1 Å². The molecule has 1 aliphatic rings. The first-order valence-electron chi connectivity index (χ1n) is 9.76. The maximum Gasteiger partial charge on any atom is 0.343 e. The Hall–Kier alpha value is -3.72. The fourth-order valence-corrected chi connectivity index (χ4v) is 3.31. The van der Waals surface area contributed by atoms with Gasteiger partial charge in [0.05, 0.1) is 19.9 Å². The molecule has 1 saturated heterocycles. The number of anilines is 1. The summed E-state index contributed by atoms with van der Waals surface area (Å²) in [6.07, 6.45) is 2.31. The van der Waals surface area contributed by atoms with Gasteiger partial charge in [-0.3, -0.25) is 19.8 Å². The van der Waals surface area contributed by atoms with Gasteiger partial charge in [-0.2, -0.15) is 0 Å². The molecule has 2 aromatic carbocycles. The molecule has 0 aliphatic carbocycles. The summed E-state index contributed by atoms with van der Waals surface area (Å²) in [6.45, 7) is 1.75. The standard InChI is InChI=1S/C23H22N2O6S/c1-4-14-5-8-16(9-6-14)25-22(28)17(21(27)24-23(25)32)11-15-7-10-18(19(12-15)29-2)31-13-20(26)30-3/h5-12H,4,13H2,1-3H3,(H,24,27,32). The van der Waals surface area contributed by atoms with E-state index in [0.717, 1.165) is 12.0 Å². The number of methoxy groups -OCH3 is 2. The summed E-state index contributed by atoms with van der Waals surface area (Å²) in [7, 11) is 2.70. The Labute approximate surface area is 190 Å². The van der Waals surface area contributed by atoms with Crippen molar-refractivity contribution in [3.05, 3.63) is 59.2 Å². The third-order valence-electron chi connectivity index (χ3n) is 4.78. The lowest BCUT2D eigenvalue weighted by molar-refractivity contribution is -0.143. The molecule has 8 nitrogen and oxygen atoms in total. The van der Waals surface area contributed by atoms with Gasteiger partial charge < -0.3 is 14.2 Å². The summed E-state index contributed by atoms with van der Waals surface area (Å²) in [5.41, 5.74) is 2.13. The molecule has 32 heavy (non-hydrogen) atoms. The first-order chi connectivity index (χ1) is 15.4. The van der Waals surface area contributed by atoms with Crippen LogP contribution in [0.15, 0.2) is 48.0 Å². The summed E-state index contributed by atoms with van der Waals surface area (Å²) in [5.74, 6) is -1.02. The first-order valence-corrected chi connectivity index (χ1v) is 10.2. The average molecular weight is 455 g/mol. The number of nitrogens with one attached hydrogen (secondary N) is 1. The largest absolute Gasteiger partial charge is 0.493 e. The second-order valence-corrected chi connectivity index (χ2v) is 7.14. The zero-order valence-electron chi connectivity index (χ0n) is 17.8. The monoisotopic (exact) mass is 454 g/mol. The first kappa shape index (κ1) is 23.0. The number of hydrogen-bond acceptors (Lipinski definition) is 7. The smallest absolute Gasteiger partial charge is 0.343 e. The molecule has 0 atom stereocenters. The molecule has 166 valence electrons. The lowest BCUT2D eigenvalue weighted by atomic mass is 10.1. The van der Waals surface area contributed by atoms with Crippen molar-refractivity contribution in [1.29, 1.82) is 0 Å². The second-order valence-electron chi connectivity index (χ2n) is 6.75. The van der Waals surface area contributed by atoms with Crippen LogP contribution in [0.25, 0.3) is 6.08 Å². The quantitative estimate of drug-likeness (QED) is 0.297. The number of rotatable bonds is 7. The van der Waals surface area contributed by atoms with Gasteiger partial charge in [-0.15, -0.1) is 0 Å². The highest BCUT2D eigenvalue weighted by Gasteiger charge is 2.34. The van der Waals surface area contributed by atoms with Gasteiger partial charge in [-0.25, -0.2) is 4.79 Å². The minimum atomic E-state index is -0.591. The molecule has 2 amide bonds. The summed E-state index contributed by atoms with van der Waals surface area (Å²) in [4.78, 5) is 38.2. The lowest BCUT2D eigenvalue weighted by Gasteiger charge is -2.29. The topological polar surface area (TPSA) is 94.2 Å². The highest BCUT2D eigenvalue weighted by Crippen LogP contribution is 2.30. The van der Waals surface area contributed by atoms with E-state index in [1.165, 1.54) is 25.2 Å². The van der Waals surface area contributed by atoms with E-state index < -0.39 is 17.8 Å². The van der Waals surface area contributed by atoms with Crippen LogP contribution in [0.3, 0.4) is 0 Å². The van der Waals surface area contributed by atoms with Crippen molar-refractivity contribution < 1.29 is 28.6 Å². The van der Waals surface area contributed by atoms with Crippen molar-refractivity contribution in [1.82, 2.24) is 5.32 Å². The van der Waals surface area contributed by atoms with Crippen LogP contribution in [0, 0.1) is 0 Å². The van der Waals surface area contributed by atoms with Crippen molar-refractivity contribution in [2.24, 2.45) is 0 Å². The number of nitrogens with zero attached hydrogens (tertiary/aromatic N) is 1. The van der Waals surface area contributed by atoms with E-state index in [9.17, 15) is 14.4 Å². The Balaban J connectivity index is 1.90. The van der Waals surface area contributed by atoms with E-state index >= 15 is 0 Å². The van der Waals surface area contributed by atoms with Gasteiger partial charge in [-0.1, -0.05) is 25.1 Å². The van der Waals surface area contributed by atoms with E-state index in [1.54, 1.807) is 30.3 Å². The zero-order valence-corrected chi connectivity index (χ0v) is 18.7. The molecule has 2 aromatic rings. The van der Waals surface area contributed by atoms with Crippen molar-refractivity contribution in [3.63, 3.8) is 0 Å². The molecule has 0 bridgehead atoms. The summed E-state index contributed by atoms with van der Waals surface area (Å²) in [5, 5.41) is 2.58. The maximum atomic E-state index is 13.1. The molecular weight excluding hydrogens is 432 g/mol. The molecule has 1 N–H and O–H groups in total. The number of esters is 1. The number of hydrogen-bond donors (Lipinski definition) is 1. The number of benzene rings is 2. The Morgan fingerprint density at radius 3 is 2.44 bits per heavy atom. The van der Waals surface area contributed by atoms with Crippen LogP contribution >= 0.6 is 12.2 Å². The third-order valence-corrected chi connectivity index (χ3v) is 5.06. The van der Waals surface area contributed by atoms with Crippen molar-refractivity contribution in [2.75, 3.05) is 25.7 Å². The molecule has 0 radical (unpaired) electrons. The van der Waals surface area contributed by atoms with E-state index in [4.69, 9.17) is 21.7 Å². The molecule has 3 rings (SSSR count). The highest BCUT2D eigenvalue weighted by molar-refractivity contribution is 7.80. The highest BCUT2D eigenvalue weighted by atomic mass is 32.1. The molecule has 0 unspecified atom stereocenters. The average Bonchev–Trinajstić information content (AvgIpc) is 2.80. The molecule has 0 aromatic heterocycles. The fraction of sp³-hybridized carbons (Fsp3) is 0.217. The van der Waals surface area contributed by atoms with Gasteiger partial charge >= 0.3 is 5.97 Å². The molecule has 0 saturated carbocycles. The van der Waals surface area contributed by atoms with Gasteiger partial charge in [0, 0.05) is 0 Å². The molecular formula is C23H22N2O6S. The predicted molar refractivity (Wildman–Crippen MR) is 123 cm³/mol. The molecule has 0 spiro atoms. The van der Waals surface area contributed by atoms with Gasteiger partial charge in [0.1, 0.15) is 5.57 Å². The SMILES string of the molecule is CCc1ccc(N2C(=O)C(=Cc3ccc(OCC(=O)OC)c(OC)c3)C(=O)NC2=S)cc1. The Kier molecular flexibility index (Phi) is 7.21. The summed E-state index contributed by atoms with van der Waals surface area (Å²) >= 11 is 5.23. The second kappa shape index (κ2) is 10.1. The number of carbonyl (C=O) groups excluding carboxylic acids is 3. The van der Waals surface area contributed by atoms with E-state index in [-0.39, 0.29) is 17.3 Å². The van der Waals surface area contributed by atoms with Crippen LogP contribution in [0.2, 0.25) is 0 Å². The third kappa shape index (κ3) is 4.94. The van der Waals surface area contributed by atoms with E-state index in [2.05, 4.69) is 10.1 Å². The predicted octanol–water partition coefficient (Wildman–Crippen LogP) is 2.64. The summed E-state index contributed by atoms with van der Waals surface area (Å²) < 4.78 is 15.2. The molecule has 9 heteroatoms. The van der Waals surface area contributed by atoms with Gasteiger partial charge in [0.15, 0.2) is 23.2 Å². The van der Waals surface area contributed by atoms with Crippen LogP contribution < -0.4 is 19.7 Å². The fourth-order valence-electron chi connectivity index (χ4n) is 3.03. The van der Waals surface area contributed by atoms with Crippen LogP contribution in [-0.4, -0.2) is 43.7 Å². The van der Waals surface area contributed by atoms with Crippen molar-refractivity contribution in [3.8, 4) is 11.5 Å². The Morgan fingerprint density at radius 1 is 1.09 bits per heavy atom. The maximum absolute atomic E-state index is 13.1. The number of ether oxygens (including phenoxy) is 3. The van der Waals surface area contributed by atoms with E-state index in [0.29, 0.717) is 22.7 Å². The minimum absolute atomic E-state index is 0.0190. The number of thiocarbonyl (C=S) groups is 1. The number of amides is 2. The Morgan fingerprint density at radius 2 is 1.81 bits per heavy atom. The zero-order chi connectivity index (χ0) is 23.3. The van der Waals surface area contributed by atoms with Crippen molar-refractivity contribution in [2.45, 2.75) is 13.3 Å². The number of aryl methyl sites for hydroxylation is 1. The molecule has 1 fully saturated rings. The molecule has 1 heterocycles. The lowest BCUT2D eigenvalue weighted by Crippen LogP contribution is -2.54. The minimum Gasteiger partial charge on any atom is -0.493 e. The van der Waals surface area contributed by atoms with Gasteiger partial charge in [-0.05, 0) is 60.1 Å². The number of carbonyl (C=O) groups is 3. The van der Waals surface area contributed by atoms with Gasteiger partial charge in [0.2, 0.25) is 0 Å². The summed E-state index contributed by atoms with van der Waals surface area (Å²) in [6, 6.07) is 12.2. The Bertz CT molecular complexity index is 1090. The van der Waals surface area contributed by atoms with Crippen LogP contribution in [-0.2, 0) is 25.5 Å². The molecule has 1 aliphatic heterocycles. The van der Waals surface area contributed by atoms with Crippen LogP contribution in [0.4, 0.5) is 5.69 Å². The van der Waals surface area contributed by atoms with Crippen molar-refractivity contribution >= 4 is 46.9 Å². The van der Waals surface area contributed by atoms with Crippen LogP contribution in [0.5, 0.6) is 11.5 Å².